The highest BCUT2D eigenvalue weighted by molar-refractivity contribution is 9.10. The van der Waals surface area contributed by atoms with Crippen LogP contribution >= 0.6 is 15.9 Å². The number of aromatic nitrogens is 1. The van der Waals surface area contributed by atoms with Crippen LogP contribution in [-0.4, -0.2) is 759 Å². The molecule has 0 saturated heterocycles. The summed E-state index contributed by atoms with van der Waals surface area (Å²) in [7, 11) is 381. The number of rotatable bonds is 55. The zero-order valence-corrected chi connectivity index (χ0v) is 83.2. The average molecular weight is 1710 g/mol. The third-order valence-corrected chi connectivity index (χ3v) is 30.9. The lowest BCUT2D eigenvalue weighted by atomic mass is 8.18. The first-order chi connectivity index (χ1) is 66.4. The van der Waals surface area contributed by atoms with Crippen LogP contribution in [0.5, 0.6) is 11.5 Å². The van der Waals surface area contributed by atoms with Crippen LogP contribution in [0.2, 0.25) is 0 Å². The van der Waals surface area contributed by atoms with E-state index in [-0.39, 0.29) is 17.9 Å². The van der Waals surface area contributed by atoms with Gasteiger partial charge in [-0.15, -0.1) is 0 Å². The van der Waals surface area contributed by atoms with Crippen LogP contribution in [-0.2, 0) is 19.4 Å². The van der Waals surface area contributed by atoms with Gasteiger partial charge in [0.1, 0.15) is 12.4 Å². The van der Waals surface area contributed by atoms with Crippen molar-refractivity contribution in [2.75, 3.05) is 13.7 Å². The Morgan fingerprint density at radius 1 is 0.308 bits per heavy atom. The number of hydrogen-bond acceptors (Lipinski definition) is 3. The molecule has 508 valence electrons. The first kappa shape index (κ1) is 135. The molecular weight excluding hydrogens is 1680 g/mol. The van der Waals surface area contributed by atoms with E-state index in [0.29, 0.717) is 6.61 Å². The second-order valence-corrected chi connectivity index (χ2v) is 40.7. The third kappa shape index (κ3) is 33.5. The standard InChI is InChI=1S/C33H28BrFN2O2.B104/c1-38-30-18-25-22(15-31(30)39-19-20-5-3-2-4-6-20)13-14-37-29(25)17-27-26-16-23(34)9-12-28(26)36-32(27)33(37)21-7-10-24(35)11-8-21;1-54(2)80(53)93(79(51)52)100(94(81(55(3)4)56(5)6)82(57(7)8)58(9)10)103(99(91(75(43)44)76(45)46)92(77(47)48)78(49)50)104(101(95(83(59(11)12)60(13)14)84(61(15)16)62(17)18)96(85(63(19)20)64(21)22)86(65(23)24)66(25)26)102(97(87(67(27)28)68(29)30)88(69(31)32)70(33)34)98(89(71(35)36)72(37)38)90(73(39)40)74(41)42/h2-12,15-16,18,29,33,36H,13-14,17,19H2,1H3;. The molecule has 3 heterocycles. The van der Waals surface area contributed by atoms with Gasteiger partial charge in [-0.1, -0.05) is 58.4 Å². The fraction of sp³-hybridized carbons (Fsp3) is 0.212. The minimum absolute atomic E-state index is 0.00122. The predicted molar refractivity (Wildman–Crippen MR) is 753 cm³/mol. The van der Waals surface area contributed by atoms with Gasteiger partial charge in [0.25, 0.3) is 0 Å². The maximum atomic E-state index is 13.9. The SMILES string of the molecule is COc1cc2c(cc1OCc1ccccc1)CCN1C2Cc2c([nH]c3ccc(Br)cc23)C1c1ccc(F)cc1.[B]B([B])B([B])B(B([B])[B])B(B(B(B([B])[B])B([B])[B])B(B([B])[B])B([B])[B])B(B(B(B([B])[B])B([B])[B])B(B([B])[B])B([B])[B])B(B(B(B(B([B])[B])B([B])[B])B(B([B])[B])B([B])[B])B(B(B([B])[B])B([B])[B])B(B([B])[B])B([B])[B])B(B(B(B([B])[B])B([B])[B])B(B([B])[B])B([B])[B])B(B(B([B])[B])B([B])[B])B(B([B])[B])B([B])[B]. The highest BCUT2D eigenvalue weighted by atomic mass is 79.9. The minimum atomic E-state index is -2.40. The van der Waals surface area contributed by atoms with Crippen LogP contribution in [0, 0.1) is 5.82 Å². The summed E-state index contributed by atoms with van der Waals surface area (Å²) in [4.78, 5) is 6.29. The summed E-state index contributed by atoms with van der Waals surface area (Å²) in [6.45, 7) is 1.38. The average Bonchev–Trinajstić information content (AvgIpc) is 0.787. The number of nitrogens with one attached hydrogen (secondary N) is 1. The molecule has 110 heteroatoms. The zero-order valence-electron chi connectivity index (χ0n) is 81.6. The molecule has 1 aromatic heterocycles. The van der Waals surface area contributed by atoms with Crippen molar-refractivity contribution in [2.45, 2.75) is 31.5 Å². The van der Waals surface area contributed by atoms with Crippen molar-refractivity contribution in [1.29, 1.82) is 0 Å². The van der Waals surface area contributed by atoms with E-state index in [4.69, 9.17) is 420 Å². The second kappa shape index (κ2) is 61.1. The molecular formula is C33H28B104BrFN2O2. The molecule has 143 heavy (non-hydrogen) atoms. The molecule has 0 bridgehead atoms. The molecule has 2 unspecified atom stereocenters. The molecule has 106 radical (unpaired) electrons. The van der Waals surface area contributed by atoms with E-state index in [9.17, 15) is 4.39 Å². The van der Waals surface area contributed by atoms with E-state index >= 15 is 0 Å². The van der Waals surface area contributed by atoms with Crippen molar-refractivity contribution < 1.29 is 13.9 Å². The molecule has 2 aliphatic rings. The summed E-state index contributed by atoms with van der Waals surface area (Å²) >= 11 is 3.67. The Morgan fingerprint density at radius 2 is 0.573 bits per heavy atom. The predicted octanol–water partition coefficient (Wildman–Crippen LogP) is -31.7. The number of aromatic amines is 1. The van der Waals surface area contributed by atoms with E-state index in [1.165, 1.54) is 27.8 Å². The smallest absolute Gasteiger partial charge is 0.161 e. The Hall–Kier alpha value is 3.14. The van der Waals surface area contributed by atoms with Gasteiger partial charge in [0.15, 0.2) is 11.5 Å². The summed E-state index contributed by atoms with van der Waals surface area (Å²) in [5.41, 5.74) is 8.41. The normalized spacial score (nSPS) is 12.2. The largest absolute Gasteiger partial charge is 0.493 e. The van der Waals surface area contributed by atoms with E-state index in [0.717, 1.165) is 52.0 Å². The fourth-order valence-electron chi connectivity index (χ4n) is 25.1. The van der Waals surface area contributed by atoms with E-state index in [1.807, 2.05) is 30.3 Å². The Morgan fingerprint density at radius 3 is 0.832 bits per heavy atom. The topological polar surface area (TPSA) is 37.5 Å². The van der Waals surface area contributed by atoms with Gasteiger partial charge in [-0.25, -0.2) is 4.39 Å². The van der Waals surface area contributed by atoms with Crippen molar-refractivity contribution in [3.05, 3.63) is 129 Å². The van der Waals surface area contributed by atoms with Crippen LogP contribution in [0.1, 0.15) is 45.6 Å². The quantitative estimate of drug-likeness (QED) is 0.0394. The van der Waals surface area contributed by atoms with E-state index in [1.54, 1.807) is 19.2 Å². The number of nitrogens with zero attached hydrogens (tertiary/aromatic N) is 1. The number of fused-ring (bicyclic) bond motifs is 6. The van der Waals surface area contributed by atoms with E-state index in [2.05, 4.69) is 68.3 Å². The molecule has 0 spiro atoms. The van der Waals surface area contributed by atoms with Crippen LogP contribution in [0.15, 0.2) is 89.4 Å². The number of methoxy groups -OCH3 is 1. The Balaban J connectivity index is 0.000000650. The van der Waals surface area contributed by atoms with Gasteiger partial charge in [-0.3, -0.25) is 4.90 Å². The Bertz CT molecular complexity index is 4110. The van der Waals surface area contributed by atoms with Crippen molar-refractivity contribution in [3.63, 3.8) is 0 Å². The van der Waals surface area contributed by atoms with Gasteiger partial charge in [-0.05, 0) is 83.1 Å². The number of H-pyrrole nitrogens is 1. The molecule has 0 amide bonds. The van der Waals surface area contributed by atoms with Crippen molar-refractivity contribution in [1.82, 2.24) is 9.88 Å². The molecule has 0 fully saturated rings. The highest BCUT2D eigenvalue weighted by Crippen LogP contribution is 2.50. The van der Waals surface area contributed by atoms with Crippen molar-refractivity contribution in [2.24, 2.45) is 0 Å². The lowest BCUT2D eigenvalue weighted by Crippen LogP contribution is -3.01. The Kier molecular flexibility index (Phi) is 57.6. The van der Waals surface area contributed by atoms with Gasteiger partial charge < -0.3 is 14.5 Å². The van der Waals surface area contributed by atoms with Crippen LogP contribution in [0.4, 0.5) is 4.39 Å². The van der Waals surface area contributed by atoms with Gasteiger partial charge in [0.05, 0.1) is 13.2 Å². The molecule has 4 aromatic carbocycles. The number of ether oxygens (including phenoxy) is 2. The van der Waals surface area contributed by atoms with Crippen LogP contribution in [0.3, 0.4) is 0 Å². The first-order valence-corrected chi connectivity index (χ1v) is 48.4. The summed E-state index contributed by atoms with van der Waals surface area (Å²) < 4.78 is 27.1. The number of hydrogen-bond donors (Lipinski definition) is 1. The third-order valence-electron chi connectivity index (χ3n) is 30.4. The summed E-state index contributed by atoms with van der Waals surface area (Å²) in [6.07, 6.45) is -97.5. The molecule has 5 aromatic rings. The number of benzene rings is 4. The lowest BCUT2D eigenvalue weighted by Gasteiger charge is -2.63. The molecule has 2 atom stereocenters. The fourth-order valence-corrected chi connectivity index (χ4v) is 25.4. The second-order valence-electron chi connectivity index (χ2n) is 39.8. The van der Waals surface area contributed by atoms with Gasteiger partial charge in [0, 0.05) is 769 Å². The minimum Gasteiger partial charge on any atom is -0.493 e. The Labute approximate surface area is 961 Å². The summed E-state index contributed by atoms with van der Waals surface area (Å²) in [6, 6.07) is 28.1. The monoisotopic (exact) mass is 1730 g/mol. The molecule has 0 aliphatic carbocycles. The van der Waals surface area contributed by atoms with E-state index < -0.39 is 326 Å². The van der Waals surface area contributed by atoms with Gasteiger partial charge in [-0.2, -0.15) is 0 Å². The van der Waals surface area contributed by atoms with Crippen LogP contribution < -0.4 is 9.47 Å². The molecule has 0 saturated carbocycles. The first-order valence-electron chi connectivity index (χ1n) is 47.6. The molecule has 4 nitrogen and oxygen atoms in total. The summed E-state index contributed by atoms with van der Waals surface area (Å²) in [5.74, 6) is 1.30. The maximum absolute atomic E-state index is 13.9. The lowest BCUT2D eigenvalue weighted by molar-refractivity contribution is 0.127. The van der Waals surface area contributed by atoms with Crippen molar-refractivity contribution in [3.8, 4) is 11.5 Å². The molecule has 2 aliphatic heterocycles. The van der Waals surface area contributed by atoms with Crippen LogP contribution in [0.25, 0.3) is 10.9 Å². The number of halogens is 2. The van der Waals surface area contributed by atoms with Crippen molar-refractivity contribution >= 4 is 763 Å². The highest BCUT2D eigenvalue weighted by Gasteiger charge is 2.69. The maximum Gasteiger partial charge on any atom is 0.161 e. The van der Waals surface area contributed by atoms with Gasteiger partial charge >= 0.3 is 0 Å². The summed E-state index contributed by atoms with van der Waals surface area (Å²) in [5, 5.41) is 1.23. The van der Waals surface area contributed by atoms with Gasteiger partial charge in [0.2, 0.25) is 0 Å². The molecule has 7 rings (SSSR count). The zero-order chi connectivity index (χ0) is 109. The molecule has 1 N–H and O–H groups in total.